The topological polar surface area (TPSA) is 107 Å². The summed E-state index contributed by atoms with van der Waals surface area (Å²) in [5.74, 6) is -0.367. The Hall–Kier alpha value is -2.97. The van der Waals surface area contributed by atoms with Crippen LogP contribution in [0.3, 0.4) is 0 Å². The molecule has 1 aromatic heterocycles. The van der Waals surface area contributed by atoms with E-state index < -0.39 is 10.0 Å². The number of sulfonamides is 1. The van der Waals surface area contributed by atoms with Gasteiger partial charge in [-0.2, -0.15) is 0 Å². The number of hydrogen-bond donors (Lipinski definition) is 2. The Labute approximate surface area is 151 Å². The Morgan fingerprint density at radius 3 is 2.69 bits per heavy atom. The second kappa shape index (κ2) is 7.11. The van der Waals surface area contributed by atoms with Crippen LogP contribution in [0.25, 0.3) is 5.69 Å². The van der Waals surface area contributed by atoms with E-state index in [0.717, 1.165) is 11.3 Å². The van der Waals surface area contributed by atoms with Gasteiger partial charge in [-0.15, -0.1) is 0 Å². The van der Waals surface area contributed by atoms with E-state index in [9.17, 15) is 13.2 Å². The molecule has 8 heteroatoms. The average Bonchev–Trinajstić information content (AvgIpc) is 3.13. The Morgan fingerprint density at radius 1 is 1.23 bits per heavy atom. The molecule has 2 aromatic carbocycles. The van der Waals surface area contributed by atoms with Crippen molar-refractivity contribution in [2.45, 2.75) is 18.4 Å². The number of nitrogens with two attached hydrogens (primary N) is 1. The van der Waals surface area contributed by atoms with E-state index in [1.54, 1.807) is 25.5 Å². The molecule has 0 unspecified atom stereocenters. The highest BCUT2D eigenvalue weighted by atomic mass is 32.2. The molecule has 3 aromatic rings. The molecular weight excluding hydrogens is 352 g/mol. The lowest BCUT2D eigenvalue weighted by atomic mass is 10.1. The molecular formula is C18H18N4O3S. The van der Waals surface area contributed by atoms with Crippen molar-refractivity contribution in [3.05, 3.63) is 77.9 Å². The normalized spacial score (nSPS) is 11.3. The van der Waals surface area contributed by atoms with Crippen LogP contribution >= 0.6 is 0 Å². The standard InChI is InChI=1S/C18H18N4O3S/c1-13-6-7-15(26(19,24)25)10-16(13)18(23)21-11-14-4-2-3-5-17(14)22-9-8-20-12-22/h2-10,12H,11H2,1H3,(H,21,23)(H2,19,24,25). The number of nitrogens with zero attached hydrogens (tertiary/aromatic N) is 2. The maximum atomic E-state index is 12.5. The van der Waals surface area contributed by atoms with Crippen LogP contribution in [-0.2, 0) is 16.6 Å². The van der Waals surface area contributed by atoms with Gasteiger partial charge in [-0.05, 0) is 36.2 Å². The van der Waals surface area contributed by atoms with Crippen molar-refractivity contribution < 1.29 is 13.2 Å². The van der Waals surface area contributed by atoms with Gasteiger partial charge < -0.3 is 9.88 Å². The molecule has 0 aliphatic rings. The molecule has 0 radical (unpaired) electrons. The lowest BCUT2D eigenvalue weighted by Crippen LogP contribution is -2.25. The number of nitrogens with one attached hydrogen (secondary N) is 1. The first-order valence-corrected chi connectivity index (χ1v) is 9.39. The number of hydrogen-bond acceptors (Lipinski definition) is 4. The summed E-state index contributed by atoms with van der Waals surface area (Å²) in [6.45, 7) is 2.02. The lowest BCUT2D eigenvalue weighted by Gasteiger charge is -2.12. The number of para-hydroxylation sites is 1. The van der Waals surface area contributed by atoms with Gasteiger partial charge in [0.15, 0.2) is 0 Å². The van der Waals surface area contributed by atoms with Crippen molar-refractivity contribution in [3.8, 4) is 5.69 Å². The summed E-state index contributed by atoms with van der Waals surface area (Å²) in [7, 11) is -3.87. The molecule has 0 saturated carbocycles. The number of aryl methyl sites for hydroxylation is 1. The molecule has 26 heavy (non-hydrogen) atoms. The number of aromatic nitrogens is 2. The van der Waals surface area contributed by atoms with E-state index in [2.05, 4.69) is 10.3 Å². The number of imidazole rings is 1. The second-order valence-electron chi connectivity index (χ2n) is 5.80. The van der Waals surface area contributed by atoms with Crippen LogP contribution in [-0.4, -0.2) is 23.9 Å². The van der Waals surface area contributed by atoms with Crippen LogP contribution in [0.15, 0.2) is 66.1 Å². The molecule has 0 aliphatic carbocycles. The van der Waals surface area contributed by atoms with Crippen molar-refractivity contribution in [1.29, 1.82) is 0 Å². The summed E-state index contributed by atoms with van der Waals surface area (Å²) in [6, 6.07) is 11.9. The van der Waals surface area contributed by atoms with Gasteiger partial charge in [0.25, 0.3) is 5.91 Å². The van der Waals surface area contributed by atoms with Crippen LogP contribution in [0.4, 0.5) is 0 Å². The zero-order valence-electron chi connectivity index (χ0n) is 14.1. The fourth-order valence-corrected chi connectivity index (χ4v) is 3.15. The summed E-state index contributed by atoms with van der Waals surface area (Å²) in [5.41, 5.74) is 2.74. The van der Waals surface area contributed by atoms with Crippen LogP contribution in [0.2, 0.25) is 0 Å². The molecule has 1 amide bonds. The third kappa shape index (κ3) is 3.81. The lowest BCUT2D eigenvalue weighted by molar-refractivity contribution is 0.0950. The van der Waals surface area contributed by atoms with Gasteiger partial charge in [0, 0.05) is 24.5 Å². The smallest absolute Gasteiger partial charge is 0.251 e. The highest BCUT2D eigenvalue weighted by Gasteiger charge is 2.15. The van der Waals surface area contributed by atoms with E-state index in [4.69, 9.17) is 5.14 Å². The fraction of sp³-hybridized carbons (Fsp3) is 0.111. The van der Waals surface area contributed by atoms with Gasteiger partial charge in [-0.1, -0.05) is 24.3 Å². The van der Waals surface area contributed by atoms with Crippen molar-refractivity contribution in [1.82, 2.24) is 14.9 Å². The predicted molar refractivity (Wildman–Crippen MR) is 97.3 cm³/mol. The minimum atomic E-state index is -3.87. The molecule has 7 nitrogen and oxygen atoms in total. The average molecular weight is 370 g/mol. The van der Waals surface area contributed by atoms with Crippen LogP contribution in [0.5, 0.6) is 0 Å². The molecule has 0 saturated heterocycles. The SMILES string of the molecule is Cc1ccc(S(N)(=O)=O)cc1C(=O)NCc1ccccc1-n1ccnc1. The Balaban J connectivity index is 1.83. The van der Waals surface area contributed by atoms with Crippen molar-refractivity contribution in [3.63, 3.8) is 0 Å². The van der Waals surface area contributed by atoms with Gasteiger partial charge in [0.1, 0.15) is 0 Å². The number of carbonyl (C=O) groups excluding carboxylic acids is 1. The first-order chi connectivity index (χ1) is 12.4. The fourth-order valence-electron chi connectivity index (χ4n) is 2.61. The first kappa shape index (κ1) is 17.8. The summed E-state index contributed by atoms with van der Waals surface area (Å²) in [6.07, 6.45) is 5.18. The van der Waals surface area contributed by atoms with E-state index in [-0.39, 0.29) is 22.9 Å². The van der Waals surface area contributed by atoms with Crippen molar-refractivity contribution >= 4 is 15.9 Å². The molecule has 0 fully saturated rings. The number of primary sulfonamides is 1. The summed E-state index contributed by atoms with van der Waals surface area (Å²) >= 11 is 0. The van der Waals surface area contributed by atoms with Gasteiger partial charge >= 0.3 is 0 Å². The van der Waals surface area contributed by atoms with Crippen LogP contribution in [0, 0.1) is 6.92 Å². The molecule has 0 bridgehead atoms. The van der Waals surface area contributed by atoms with E-state index in [0.29, 0.717) is 5.56 Å². The zero-order chi connectivity index (χ0) is 18.7. The Bertz CT molecular complexity index is 1040. The second-order valence-corrected chi connectivity index (χ2v) is 7.36. The highest BCUT2D eigenvalue weighted by molar-refractivity contribution is 7.89. The molecule has 3 rings (SSSR count). The van der Waals surface area contributed by atoms with Crippen LogP contribution in [0.1, 0.15) is 21.5 Å². The summed E-state index contributed by atoms with van der Waals surface area (Å²) in [4.78, 5) is 16.5. The molecule has 134 valence electrons. The third-order valence-corrected chi connectivity index (χ3v) is 4.91. The van der Waals surface area contributed by atoms with Crippen LogP contribution < -0.4 is 10.5 Å². The first-order valence-electron chi connectivity index (χ1n) is 7.84. The Morgan fingerprint density at radius 2 is 2.00 bits per heavy atom. The van der Waals surface area contributed by atoms with E-state index in [1.807, 2.05) is 35.0 Å². The van der Waals surface area contributed by atoms with Gasteiger partial charge in [-0.25, -0.2) is 18.5 Å². The molecule has 0 atom stereocenters. The number of amides is 1. The predicted octanol–water partition coefficient (Wildman–Crippen LogP) is 1.76. The number of rotatable bonds is 5. The Kier molecular flexibility index (Phi) is 4.88. The van der Waals surface area contributed by atoms with Gasteiger partial charge in [-0.3, -0.25) is 4.79 Å². The molecule has 3 N–H and O–H groups in total. The third-order valence-electron chi connectivity index (χ3n) is 4.00. The molecule has 0 aliphatic heterocycles. The maximum absolute atomic E-state index is 12.5. The zero-order valence-corrected chi connectivity index (χ0v) is 14.9. The monoisotopic (exact) mass is 370 g/mol. The quantitative estimate of drug-likeness (QED) is 0.713. The highest BCUT2D eigenvalue weighted by Crippen LogP contribution is 2.16. The number of carbonyl (C=O) groups is 1. The summed E-state index contributed by atoms with van der Waals surface area (Å²) in [5, 5.41) is 7.98. The van der Waals surface area contributed by atoms with Gasteiger partial charge in [0.2, 0.25) is 10.0 Å². The number of benzene rings is 2. The van der Waals surface area contributed by atoms with Gasteiger partial charge in [0.05, 0.1) is 16.9 Å². The molecule has 0 spiro atoms. The maximum Gasteiger partial charge on any atom is 0.251 e. The largest absolute Gasteiger partial charge is 0.348 e. The van der Waals surface area contributed by atoms with Crippen molar-refractivity contribution in [2.75, 3.05) is 0 Å². The van der Waals surface area contributed by atoms with Crippen molar-refractivity contribution in [2.24, 2.45) is 5.14 Å². The summed E-state index contributed by atoms with van der Waals surface area (Å²) < 4.78 is 24.9. The minimum absolute atomic E-state index is 0.0907. The molecule has 1 heterocycles. The minimum Gasteiger partial charge on any atom is -0.348 e. The van der Waals surface area contributed by atoms with E-state index in [1.165, 1.54) is 12.1 Å². The van der Waals surface area contributed by atoms with E-state index >= 15 is 0 Å².